The average Bonchev–Trinajstić information content (AvgIpc) is 2.97. The van der Waals surface area contributed by atoms with Gasteiger partial charge in [0.05, 0.1) is 19.1 Å². The molecule has 10 nitrogen and oxygen atoms in total. The molecule has 0 spiro atoms. The number of nitrogens with one attached hydrogen (secondary N) is 3. The summed E-state index contributed by atoms with van der Waals surface area (Å²) in [6, 6.07) is 5.08. The maximum atomic E-state index is 13.7. The van der Waals surface area contributed by atoms with Crippen LogP contribution in [-0.4, -0.2) is 101 Å². The smallest absolute Gasteiger partial charge is 0.251 e. The van der Waals surface area contributed by atoms with Gasteiger partial charge in [-0.05, 0) is 75.1 Å². The van der Waals surface area contributed by atoms with Gasteiger partial charge < -0.3 is 37.1 Å². The maximum Gasteiger partial charge on any atom is 0.251 e. The number of hydrogen-bond acceptors (Lipinski definition) is 8. The Labute approximate surface area is 252 Å². The number of anilines is 1. The van der Waals surface area contributed by atoms with E-state index in [0.717, 1.165) is 94.9 Å². The van der Waals surface area contributed by atoms with E-state index < -0.39 is 0 Å². The van der Waals surface area contributed by atoms with Gasteiger partial charge in [-0.15, -0.1) is 0 Å². The fourth-order valence-corrected chi connectivity index (χ4v) is 6.90. The molecule has 42 heavy (non-hydrogen) atoms. The van der Waals surface area contributed by atoms with E-state index in [1.807, 2.05) is 19.9 Å². The number of nitrogens with two attached hydrogens (primary N) is 2. The van der Waals surface area contributed by atoms with E-state index in [2.05, 4.69) is 45.8 Å². The standard InChI is InChI=1S/C32H55N7O3/c1-21-15-22(2)37-32(41)29(21)20-36-31(40)28-16-24(25(18-33)19-35-9-10-39-11-13-42-14-12-39)17-30(23(28)3)38(4)27-7-5-26(34)6-8-27/h16-17,21-22,25-27,29,35H,5-15,18-20,33-34H2,1-4H3,(H,36,40)(H,37,41)/t21?,22?,25?,26-,27-,29?. The zero-order valence-electron chi connectivity index (χ0n) is 26.3. The lowest BCUT2D eigenvalue weighted by molar-refractivity contribution is -0.129. The van der Waals surface area contributed by atoms with Crippen molar-refractivity contribution >= 4 is 17.5 Å². The van der Waals surface area contributed by atoms with Gasteiger partial charge in [-0.3, -0.25) is 14.5 Å². The van der Waals surface area contributed by atoms with Gasteiger partial charge in [-0.25, -0.2) is 0 Å². The molecular formula is C32H55N7O3. The molecule has 1 saturated carbocycles. The molecule has 236 valence electrons. The van der Waals surface area contributed by atoms with Gasteiger partial charge in [0.1, 0.15) is 0 Å². The second kappa shape index (κ2) is 15.5. The Morgan fingerprint density at radius 2 is 1.90 bits per heavy atom. The zero-order chi connectivity index (χ0) is 30.2. The first-order chi connectivity index (χ1) is 20.2. The lowest BCUT2D eigenvalue weighted by Gasteiger charge is -2.36. The lowest BCUT2D eigenvalue weighted by atomic mass is 9.84. The number of morpholine rings is 1. The summed E-state index contributed by atoms with van der Waals surface area (Å²) in [5.74, 6) is -0.0567. The summed E-state index contributed by atoms with van der Waals surface area (Å²) in [5.41, 5.74) is 16.3. The van der Waals surface area contributed by atoms with Gasteiger partial charge >= 0.3 is 0 Å². The molecule has 10 heteroatoms. The number of carbonyl (C=O) groups excluding carboxylic acids is 2. The Morgan fingerprint density at radius 3 is 2.57 bits per heavy atom. The van der Waals surface area contributed by atoms with E-state index in [-0.39, 0.29) is 41.7 Å². The lowest BCUT2D eigenvalue weighted by Crippen LogP contribution is -2.50. The van der Waals surface area contributed by atoms with Crippen molar-refractivity contribution in [1.29, 1.82) is 0 Å². The van der Waals surface area contributed by atoms with E-state index in [0.29, 0.717) is 24.7 Å². The minimum atomic E-state index is -0.227. The van der Waals surface area contributed by atoms with Crippen LogP contribution in [0.2, 0.25) is 0 Å². The van der Waals surface area contributed by atoms with Crippen molar-refractivity contribution in [3.63, 3.8) is 0 Å². The number of piperidine rings is 1. The van der Waals surface area contributed by atoms with E-state index >= 15 is 0 Å². The molecule has 2 aliphatic heterocycles. The molecule has 1 aromatic carbocycles. The zero-order valence-corrected chi connectivity index (χ0v) is 26.3. The first kappa shape index (κ1) is 32.7. The number of benzene rings is 1. The molecule has 2 heterocycles. The third-order valence-corrected chi connectivity index (χ3v) is 9.79. The van der Waals surface area contributed by atoms with Gasteiger partial charge in [0.25, 0.3) is 5.91 Å². The minimum absolute atomic E-state index is 0.0225. The second-order valence-electron chi connectivity index (χ2n) is 12.9. The van der Waals surface area contributed by atoms with Crippen LogP contribution < -0.4 is 32.3 Å². The molecule has 0 radical (unpaired) electrons. The summed E-state index contributed by atoms with van der Waals surface area (Å²) in [7, 11) is 2.14. The number of nitrogens with zero attached hydrogens (tertiary/aromatic N) is 2. The second-order valence-corrected chi connectivity index (χ2v) is 12.9. The van der Waals surface area contributed by atoms with Crippen LogP contribution >= 0.6 is 0 Å². The topological polar surface area (TPSA) is 138 Å². The molecular weight excluding hydrogens is 530 g/mol. The SMILES string of the molecule is Cc1c(C(=O)NCC2C(=O)NC(C)CC2C)cc(C(CN)CNCCN2CCOCC2)cc1N(C)[C@H]1CC[C@H](N)CC1. The highest BCUT2D eigenvalue weighted by Crippen LogP contribution is 2.33. The highest BCUT2D eigenvalue weighted by molar-refractivity contribution is 5.97. The summed E-state index contributed by atoms with van der Waals surface area (Å²) in [6.45, 7) is 13.1. The van der Waals surface area contributed by atoms with E-state index in [9.17, 15) is 9.59 Å². The van der Waals surface area contributed by atoms with Crippen molar-refractivity contribution in [3.05, 3.63) is 28.8 Å². The summed E-state index contributed by atoms with van der Waals surface area (Å²) >= 11 is 0. The molecule has 0 bridgehead atoms. The van der Waals surface area contributed by atoms with Crippen LogP contribution in [0.1, 0.15) is 73.4 Å². The van der Waals surface area contributed by atoms with E-state index in [1.54, 1.807) is 0 Å². The summed E-state index contributed by atoms with van der Waals surface area (Å²) in [4.78, 5) is 31.2. The molecule has 4 unspecified atom stereocenters. The Bertz CT molecular complexity index is 1040. The van der Waals surface area contributed by atoms with Crippen molar-refractivity contribution in [3.8, 4) is 0 Å². The van der Waals surface area contributed by atoms with Gasteiger partial charge in [0.15, 0.2) is 0 Å². The number of amides is 2. The monoisotopic (exact) mass is 585 g/mol. The molecule has 2 amide bonds. The van der Waals surface area contributed by atoms with Gasteiger partial charge in [0.2, 0.25) is 5.91 Å². The van der Waals surface area contributed by atoms with E-state index in [1.165, 1.54) is 0 Å². The minimum Gasteiger partial charge on any atom is -0.379 e. The Hall–Kier alpha value is -2.24. The molecule has 2 saturated heterocycles. The third kappa shape index (κ3) is 8.44. The molecule has 3 fully saturated rings. The third-order valence-electron chi connectivity index (χ3n) is 9.79. The van der Waals surface area contributed by atoms with Crippen LogP contribution in [0.25, 0.3) is 0 Å². The van der Waals surface area contributed by atoms with E-state index in [4.69, 9.17) is 16.2 Å². The predicted octanol–water partition coefficient (Wildman–Crippen LogP) is 1.56. The van der Waals surface area contributed by atoms with Crippen LogP contribution in [0.4, 0.5) is 5.69 Å². The molecule has 0 aromatic heterocycles. The number of carbonyl (C=O) groups is 2. The average molecular weight is 586 g/mol. The summed E-state index contributed by atoms with van der Waals surface area (Å²) in [5, 5.41) is 9.76. The van der Waals surface area contributed by atoms with Crippen molar-refractivity contribution < 1.29 is 14.3 Å². The van der Waals surface area contributed by atoms with Crippen LogP contribution in [-0.2, 0) is 9.53 Å². The number of rotatable bonds is 12. The fraction of sp³-hybridized carbons (Fsp3) is 0.750. The Kier molecular flexibility index (Phi) is 12.0. The normalized spacial score (nSPS) is 27.8. The van der Waals surface area contributed by atoms with Gasteiger partial charge in [0, 0.05) is 88.2 Å². The van der Waals surface area contributed by atoms with Crippen LogP contribution in [0, 0.1) is 18.8 Å². The largest absolute Gasteiger partial charge is 0.379 e. The quantitative estimate of drug-likeness (QED) is 0.233. The van der Waals surface area contributed by atoms with Crippen molar-refractivity contribution in [2.45, 2.75) is 76.9 Å². The predicted molar refractivity (Wildman–Crippen MR) is 169 cm³/mol. The molecule has 3 aliphatic rings. The molecule has 4 rings (SSSR count). The first-order valence-electron chi connectivity index (χ1n) is 16.1. The highest BCUT2D eigenvalue weighted by atomic mass is 16.5. The van der Waals surface area contributed by atoms with Crippen molar-refractivity contribution in [2.75, 3.05) is 71.0 Å². The highest BCUT2D eigenvalue weighted by Gasteiger charge is 2.33. The van der Waals surface area contributed by atoms with Crippen LogP contribution in [0.15, 0.2) is 12.1 Å². The van der Waals surface area contributed by atoms with Gasteiger partial charge in [-0.1, -0.05) is 6.92 Å². The maximum absolute atomic E-state index is 13.7. The summed E-state index contributed by atoms with van der Waals surface area (Å²) < 4.78 is 5.46. The van der Waals surface area contributed by atoms with Crippen molar-refractivity contribution in [1.82, 2.24) is 20.9 Å². The summed E-state index contributed by atoms with van der Waals surface area (Å²) in [6.07, 6.45) is 5.02. The molecule has 1 aliphatic carbocycles. The van der Waals surface area contributed by atoms with Crippen LogP contribution in [0.5, 0.6) is 0 Å². The number of hydrogen-bond donors (Lipinski definition) is 5. The first-order valence-corrected chi connectivity index (χ1v) is 16.1. The molecule has 4 atom stereocenters. The number of ether oxygens (including phenoxy) is 1. The van der Waals surface area contributed by atoms with Crippen LogP contribution in [0.3, 0.4) is 0 Å². The molecule has 7 N–H and O–H groups in total. The molecule has 1 aromatic rings. The Balaban J connectivity index is 1.51. The fourth-order valence-electron chi connectivity index (χ4n) is 6.90. The van der Waals surface area contributed by atoms with Gasteiger partial charge in [-0.2, -0.15) is 0 Å². The van der Waals surface area contributed by atoms with Crippen molar-refractivity contribution in [2.24, 2.45) is 23.3 Å². The Morgan fingerprint density at radius 1 is 1.19 bits per heavy atom.